The minimum Gasteiger partial charge on any atom is -0.464 e. The molecule has 0 atom stereocenters. The van der Waals surface area contributed by atoms with Crippen molar-refractivity contribution in [3.63, 3.8) is 0 Å². The number of Topliss-reactive ketones (excluding diaryl/α,β-unsaturated/α-hetero) is 1. The Labute approximate surface area is 187 Å². The zero-order chi connectivity index (χ0) is 23.1. The van der Waals surface area contributed by atoms with Gasteiger partial charge in [-0.1, -0.05) is 56.2 Å². The van der Waals surface area contributed by atoms with Crippen LogP contribution in [0.5, 0.6) is 0 Å². The van der Waals surface area contributed by atoms with Crippen LogP contribution in [0.25, 0.3) is 0 Å². The number of anilines is 2. The smallest absolute Gasteiger partial charge is 0.306 e. The second-order valence-electron chi connectivity index (χ2n) is 7.95. The summed E-state index contributed by atoms with van der Waals surface area (Å²) in [4.78, 5) is 51.0. The van der Waals surface area contributed by atoms with Gasteiger partial charge in [0.25, 0.3) is 11.8 Å². The molecule has 2 aromatic rings. The molecule has 1 aliphatic rings. The number of hydrazine groups is 1. The summed E-state index contributed by atoms with van der Waals surface area (Å²) in [6.07, 6.45) is 1.64. The van der Waals surface area contributed by atoms with E-state index in [1.54, 1.807) is 48.5 Å². The largest absolute Gasteiger partial charge is 0.464 e. The van der Waals surface area contributed by atoms with Crippen LogP contribution in [0.3, 0.4) is 0 Å². The van der Waals surface area contributed by atoms with Gasteiger partial charge in [0, 0.05) is 6.42 Å². The number of hydrogen-bond acceptors (Lipinski definition) is 5. The Bertz CT molecular complexity index is 917. The minimum absolute atomic E-state index is 0.0645. The molecule has 2 aromatic carbocycles. The summed E-state index contributed by atoms with van der Waals surface area (Å²) < 4.78 is 5.40. The van der Waals surface area contributed by atoms with E-state index in [1.165, 1.54) is 16.9 Å². The van der Waals surface area contributed by atoms with Crippen LogP contribution >= 0.6 is 0 Å². The molecule has 0 saturated carbocycles. The molecule has 0 unspecified atom stereocenters. The number of ether oxygens (including phenoxy) is 1. The molecule has 0 aromatic heterocycles. The van der Waals surface area contributed by atoms with E-state index in [0.717, 1.165) is 6.42 Å². The third-order valence-electron chi connectivity index (χ3n) is 5.52. The van der Waals surface area contributed by atoms with Crippen LogP contribution in [0.4, 0.5) is 11.4 Å². The maximum absolute atomic E-state index is 13.8. The van der Waals surface area contributed by atoms with Gasteiger partial charge in [-0.3, -0.25) is 14.4 Å². The van der Waals surface area contributed by atoms with Gasteiger partial charge in [0.2, 0.25) is 0 Å². The van der Waals surface area contributed by atoms with Crippen molar-refractivity contribution in [2.24, 2.45) is 5.41 Å². The fraction of sp³-hybridized carbons (Fsp3) is 0.360. The lowest BCUT2D eigenvalue weighted by atomic mass is 9.82. The standard InChI is InChI=1S/C25H28N2O5/c1-3-4-17-25(18-32-22(29)16-15-19(2)28)23(30)26(20-11-7-5-8-12-20)27(24(25)31)21-13-9-6-10-14-21/h5-14H,3-4,15-18H2,1-2H3. The molecule has 0 N–H and O–H groups in total. The fourth-order valence-corrected chi connectivity index (χ4v) is 3.72. The van der Waals surface area contributed by atoms with Gasteiger partial charge in [-0.15, -0.1) is 0 Å². The van der Waals surface area contributed by atoms with E-state index in [9.17, 15) is 19.2 Å². The third kappa shape index (κ3) is 4.72. The highest BCUT2D eigenvalue weighted by Crippen LogP contribution is 2.42. The first-order valence-corrected chi connectivity index (χ1v) is 10.8. The van der Waals surface area contributed by atoms with Crippen LogP contribution in [-0.4, -0.2) is 30.2 Å². The van der Waals surface area contributed by atoms with Crippen LogP contribution < -0.4 is 10.0 Å². The normalized spacial score (nSPS) is 15.2. The molecular weight excluding hydrogens is 408 g/mol. The van der Waals surface area contributed by atoms with Gasteiger partial charge in [-0.2, -0.15) is 0 Å². The van der Waals surface area contributed by atoms with E-state index in [-0.39, 0.29) is 31.7 Å². The van der Waals surface area contributed by atoms with Gasteiger partial charge in [0.15, 0.2) is 5.41 Å². The van der Waals surface area contributed by atoms with Gasteiger partial charge in [0.05, 0.1) is 17.8 Å². The summed E-state index contributed by atoms with van der Waals surface area (Å²) in [5.41, 5.74) is -0.417. The van der Waals surface area contributed by atoms with Crippen LogP contribution in [0.15, 0.2) is 60.7 Å². The molecule has 1 saturated heterocycles. The minimum atomic E-state index is -1.52. The molecule has 1 fully saturated rings. The number of carbonyl (C=O) groups excluding carboxylic acids is 4. The van der Waals surface area contributed by atoms with Crippen molar-refractivity contribution < 1.29 is 23.9 Å². The molecule has 32 heavy (non-hydrogen) atoms. The Kier molecular flexibility index (Phi) is 7.41. The Morgan fingerprint density at radius 1 is 0.844 bits per heavy atom. The Balaban J connectivity index is 2.00. The molecule has 0 bridgehead atoms. The third-order valence-corrected chi connectivity index (χ3v) is 5.52. The molecule has 0 radical (unpaired) electrons. The summed E-state index contributed by atoms with van der Waals surface area (Å²) in [7, 11) is 0. The molecule has 2 amide bonds. The van der Waals surface area contributed by atoms with Crippen molar-refractivity contribution in [1.82, 2.24) is 0 Å². The van der Waals surface area contributed by atoms with Crippen molar-refractivity contribution in [3.05, 3.63) is 60.7 Å². The van der Waals surface area contributed by atoms with Crippen molar-refractivity contribution in [1.29, 1.82) is 0 Å². The average Bonchev–Trinajstić information content (AvgIpc) is 3.03. The average molecular weight is 437 g/mol. The number of nitrogens with zero attached hydrogens (tertiary/aromatic N) is 2. The highest BCUT2D eigenvalue weighted by atomic mass is 16.5. The van der Waals surface area contributed by atoms with Crippen molar-refractivity contribution in [2.45, 2.75) is 46.0 Å². The van der Waals surface area contributed by atoms with Crippen LogP contribution in [0.1, 0.15) is 46.0 Å². The van der Waals surface area contributed by atoms with Crippen molar-refractivity contribution >= 4 is 34.9 Å². The summed E-state index contributed by atoms with van der Waals surface area (Å²) in [5.74, 6) is -1.57. The topological polar surface area (TPSA) is 84.0 Å². The molecule has 7 nitrogen and oxygen atoms in total. The number of ketones is 1. The zero-order valence-electron chi connectivity index (χ0n) is 18.5. The first-order chi connectivity index (χ1) is 15.4. The van der Waals surface area contributed by atoms with Crippen molar-refractivity contribution in [2.75, 3.05) is 16.6 Å². The van der Waals surface area contributed by atoms with E-state index in [4.69, 9.17) is 4.74 Å². The maximum atomic E-state index is 13.8. The first kappa shape index (κ1) is 23.2. The number of amides is 2. The predicted molar refractivity (Wildman–Crippen MR) is 121 cm³/mol. The fourth-order valence-electron chi connectivity index (χ4n) is 3.72. The summed E-state index contributed by atoms with van der Waals surface area (Å²) in [5, 5.41) is 2.74. The number of benzene rings is 2. The van der Waals surface area contributed by atoms with Gasteiger partial charge in [-0.25, -0.2) is 10.0 Å². The van der Waals surface area contributed by atoms with E-state index >= 15 is 0 Å². The van der Waals surface area contributed by atoms with E-state index in [0.29, 0.717) is 17.8 Å². The highest BCUT2D eigenvalue weighted by Gasteiger charge is 2.59. The lowest BCUT2D eigenvalue weighted by Crippen LogP contribution is -2.41. The number of unbranched alkanes of at least 4 members (excludes halogenated alkanes) is 1. The van der Waals surface area contributed by atoms with Gasteiger partial charge in [0.1, 0.15) is 12.4 Å². The molecule has 0 aliphatic carbocycles. The molecule has 168 valence electrons. The molecule has 0 spiro atoms. The molecule has 1 aliphatic heterocycles. The van der Waals surface area contributed by atoms with E-state index in [1.807, 2.05) is 19.1 Å². The quantitative estimate of drug-likeness (QED) is 0.414. The highest BCUT2D eigenvalue weighted by molar-refractivity contribution is 6.26. The van der Waals surface area contributed by atoms with Gasteiger partial charge < -0.3 is 9.53 Å². The second-order valence-corrected chi connectivity index (χ2v) is 7.95. The maximum Gasteiger partial charge on any atom is 0.306 e. The van der Waals surface area contributed by atoms with Crippen LogP contribution in [0.2, 0.25) is 0 Å². The summed E-state index contributed by atoms with van der Waals surface area (Å²) in [6, 6.07) is 17.9. The lowest BCUT2D eigenvalue weighted by Gasteiger charge is -2.27. The molecular formula is C25H28N2O5. The molecule has 7 heteroatoms. The molecule has 1 heterocycles. The SMILES string of the molecule is CCCCC1(COC(=O)CCC(C)=O)C(=O)N(c2ccccc2)N(c2ccccc2)C1=O. The Hall–Kier alpha value is -3.48. The molecule has 3 rings (SSSR count). The first-order valence-electron chi connectivity index (χ1n) is 10.8. The number of rotatable bonds is 10. The number of carbonyl (C=O) groups is 4. The van der Waals surface area contributed by atoms with Crippen LogP contribution in [0, 0.1) is 5.41 Å². The summed E-state index contributed by atoms with van der Waals surface area (Å²) >= 11 is 0. The summed E-state index contributed by atoms with van der Waals surface area (Å²) in [6.45, 7) is 3.02. The van der Waals surface area contributed by atoms with Crippen LogP contribution in [-0.2, 0) is 23.9 Å². The number of hydrogen-bond donors (Lipinski definition) is 0. The van der Waals surface area contributed by atoms with E-state index in [2.05, 4.69) is 0 Å². The number of esters is 1. The lowest BCUT2D eigenvalue weighted by molar-refractivity contribution is -0.153. The second kappa shape index (κ2) is 10.2. The Morgan fingerprint density at radius 3 is 1.78 bits per heavy atom. The van der Waals surface area contributed by atoms with Crippen molar-refractivity contribution in [3.8, 4) is 0 Å². The predicted octanol–water partition coefficient (Wildman–Crippen LogP) is 4.07. The Morgan fingerprint density at radius 2 is 1.34 bits per heavy atom. The zero-order valence-corrected chi connectivity index (χ0v) is 18.5. The van der Waals surface area contributed by atoms with E-state index < -0.39 is 23.2 Å². The number of para-hydroxylation sites is 2. The van der Waals surface area contributed by atoms with Gasteiger partial charge >= 0.3 is 5.97 Å². The monoisotopic (exact) mass is 436 g/mol. The van der Waals surface area contributed by atoms with Gasteiger partial charge in [-0.05, 0) is 37.6 Å².